The molecule has 0 aliphatic carbocycles. The predicted octanol–water partition coefficient (Wildman–Crippen LogP) is 2.52. The van der Waals surface area contributed by atoms with Crippen molar-refractivity contribution < 1.29 is 14.3 Å². The highest BCUT2D eigenvalue weighted by Crippen LogP contribution is 2.23. The molecule has 2 N–H and O–H groups in total. The fraction of sp³-hybridized carbons (Fsp3) is 0.500. The predicted molar refractivity (Wildman–Crippen MR) is 86.9 cm³/mol. The number of carbonyl (C=O) groups is 2. The third kappa shape index (κ3) is 6.80. The SMILES string of the molecule is CCNC(=O)COc1ccc(Cl)cc1CNC(=O)CC(C)C. The minimum absolute atomic E-state index is 0.0235. The monoisotopic (exact) mass is 326 g/mol. The van der Waals surface area contributed by atoms with Crippen molar-refractivity contribution in [2.45, 2.75) is 33.7 Å². The van der Waals surface area contributed by atoms with Crippen LogP contribution in [-0.2, 0) is 16.1 Å². The first kappa shape index (κ1) is 18.3. The van der Waals surface area contributed by atoms with Crippen molar-refractivity contribution in [3.63, 3.8) is 0 Å². The molecular formula is C16H23ClN2O3. The third-order valence-corrected chi connectivity index (χ3v) is 3.06. The van der Waals surface area contributed by atoms with Crippen molar-refractivity contribution in [3.8, 4) is 5.75 Å². The van der Waals surface area contributed by atoms with Crippen LogP contribution < -0.4 is 15.4 Å². The highest BCUT2D eigenvalue weighted by Gasteiger charge is 2.10. The highest BCUT2D eigenvalue weighted by atomic mass is 35.5. The molecule has 0 bridgehead atoms. The first-order valence-corrected chi connectivity index (χ1v) is 7.74. The lowest BCUT2D eigenvalue weighted by Crippen LogP contribution is -2.29. The normalized spacial score (nSPS) is 10.4. The molecule has 0 saturated heterocycles. The second-order valence-corrected chi connectivity index (χ2v) is 5.81. The number of ether oxygens (including phenoxy) is 1. The van der Waals surface area contributed by atoms with Crippen LogP contribution in [0.25, 0.3) is 0 Å². The van der Waals surface area contributed by atoms with Gasteiger partial charge in [-0.1, -0.05) is 25.4 Å². The Kier molecular flexibility index (Phi) is 7.74. The molecule has 0 radical (unpaired) electrons. The fourth-order valence-corrected chi connectivity index (χ4v) is 2.05. The van der Waals surface area contributed by atoms with E-state index in [1.807, 2.05) is 20.8 Å². The number of amides is 2. The topological polar surface area (TPSA) is 67.4 Å². The van der Waals surface area contributed by atoms with E-state index in [9.17, 15) is 9.59 Å². The van der Waals surface area contributed by atoms with E-state index in [0.717, 1.165) is 5.56 Å². The lowest BCUT2D eigenvalue weighted by atomic mass is 10.1. The zero-order valence-corrected chi connectivity index (χ0v) is 14.0. The average molecular weight is 327 g/mol. The Morgan fingerprint density at radius 1 is 1.23 bits per heavy atom. The molecule has 0 fully saturated rings. The molecule has 2 amide bonds. The van der Waals surface area contributed by atoms with Gasteiger partial charge in [-0.25, -0.2) is 0 Å². The molecule has 0 saturated carbocycles. The Balaban J connectivity index is 2.66. The maximum atomic E-state index is 11.7. The number of benzene rings is 1. The van der Waals surface area contributed by atoms with E-state index < -0.39 is 0 Å². The number of rotatable bonds is 8. The summed E-state index contributed by atoms with van der Waals surface area (Å²) in [6, 6.07) is 5.11. The number of carbonyl (C=O) groups excluding carboxylic acids is 2. The van der Waals surface area contributed by atoms with Crippen LogP contribution in [0.1, 0.15) is 32.8 Å². The van der Waals surface area contributed by atoms with Crippen molar-refractivity contribution in [2.24, 2.45) is 5.92 Å². The van der Waals surface area contributed by atoms with Gasteiger partial charge in [0.2, 0.25) is 5.91 Å². The molecule has 0 atom stereocenters. The van der Waals surface area contributed by atoms with Gasteiger partial charge in [0, 0.05) is 30.1 Å². The first-order valence-electron chi connectivity index (χ1n) is 7.37. The summed E-state index contributed by atoms with van der Waals surface area (Å²) in [7, 11) is 0. The molecule has 1 aromatic rings. The van der Waals surface area contributed by atoms with E-state index in [4.69, 9.17) is 16.3 Å². The molecular weight excluding hydrogens is 304 g/mol. The molecule has 0 spiro atoms. The standard InChI is InChI=1S/C16H23ClN2O3/c1-4-18-16(21)10-22-14-6-5-13(17)8-12(14)9-19-15(20)7-11(2)3/h5-6,8,11H,4,7,9-10H2,1-3H3,(H,18,21)(H,19,20). The van der Waals surface area contributed by atoms with E-state index >= 15 is 0 Å². The number of likely N-dealkylation sites (N-methyl/N-ethyl adjacent to an activating group) is 1. The summed E-state index contributed by atoms with van der Waals surface area (Å²) in [6.45, 7) is 6.62. The summed E-state index contributed by atoms with van der Waals surface area (Å²) < 4.78 is 5.50. The number of hydrogen-bond acceptors (Lipinski definition) is 3. The van der Waals surface area contributed by atoms with Crippen LogP contribution in [0, 0.1) is 5.92 Å². The van der Waals surface area contributed by atoms with E-state index in [-0.39, 0.29) is 18.4 Å². The minimum Gasteiger partial charge on any atom is -0.483 e. The summed E-state index contributed by atoms with van der Waals surface area (Å²) in [4.78, 5) is 23.2. The third-order valence-electron chi connectivity index (χ3n) is 2.82. The largest absolute Gasteiger partial charge is 0.483 e. The van der Waals surface area contributed by atoms with Crippen LogP contribution in [0.4, 0.5) is 0 Å². The summed E-state index contributed by atoms with van der Waals surface area (Å²) in [5.74, 6) is 0.630. The van der Waals surface area contributed by atoms with Crippen molar-refractivity contribution in [1.82, 2.24) is 10.6 Å². The van der Waals surface area contributed by atoms with Crippen LogP contribution in [0.3, 0.4) is 0 Å². The molecule has 0 aliphatic rings. The van der Waals surface area contributed by atoms with Gasteiger partial charge >= 0.3 is 0 Å². The molecule has 1 aromatic carbocycles. The van der Waals surface area contributed by atoms with Gasteiger partial charge in [-0.15, -0.1) is 0 Å². The Bertz CT molecular complexity index is 518. The lowest BCUT2D eigenvalue weighted by molar-refractivity contribution is -0.123. The van der Waals surface area contributed by atoms with Crippen LogP contribution in [-0.4, -0.2) is 25.0 Å². The van der Waals surface area contributed by atoms with Crippen molar-refractivity contribution >= 4 is 23.4 Å². The minimum atomic E-state index is -0.188. The Morgan fingerprint density at radius 3 is 2.59 bits per heavy atom. The van der Waals surface area contributed by atoms with Gasteiger partial charge in [-0.05, 0) is 31.0 Å². The molecule has 0 heterocycles. The molecule has 122 valence electrons. The van der Waals surface area contributed by atoms with Crippen LogP contribution >= 0.6 is 11.6 Å². The molecule has 22 heavy (non-hydrogen) atoms. The molecule has 0 aromatic heterocycles. The molecule has 0 aliphatic heterocycles. The maximum absolute atomic E-state index is 11.7. The molecule has 0 unspecified atom stereocenters. The van der Waals surface area contributed by atoms with Crippen molar-refractivity contribution in [2.75, 3.05) is 13.2 Å². The van der Waals surface area contributed by atoms with E-state index in [0.29, 0.717) is 36.2 Å². The smallest absolute Gasteiger partial charge is 0.257 e. The summed E-state index contributed by atoms with van der Waals surface area (Å²) in [5, 5.41) is 6.05. The van der Waals surface area contributed by atoms with Gasteiger partial charge in [0.15, 0.2) is 6.61 Å². The zero-order valence-electron chi connectivity index (χ0n) is 13.2. The highest BCUT2D eigenvalue weighted by molar-refractivity contribution is 6.30. The lowest BCUT2D eigenvalue weighted by Gasteiger charge is -2.13. The zero-order chi connectivity index (χ0) is 16.5. The summed E-state index contributed by atoms with van der Waals surface area (Å²) in [5.41, 5.74) is 0.744. The molecule has 6 heteroatoms. The van der Waals surface area contributed by atoms with Gasteiger partial charge in [0.1, 0.15) is 5.75 Å². The van der Waals surface area contributed by atoms with Gasteiger partial charge in [0.05, 0.1) is 0 Å². The van der Waals surface area contributed by atoms with Gasteiger partial charge in [-0.3, -0.25) is 9.59 Å². The van der Waals surface area contributed by atoms with Crippen molar-refractivity contribution in [1.29, 1.82) is 0 Å². The fourth-order valence-electron chi connectivity index (χ4n) is 1.86. The quantitative estimate of drug-likeness (QED) is 0.771. The van der Waals surface area contributed by atoms with Gasteiger partial charge < -0.3 is 15.4 Å². The number of hydrogen-bond donors (Lipinski definition) is 2. The van der Waals surface area contributed by atoms with Gasteiger partial charge in [0.25, 0.3) is 5.91 Å². The van der Waals surface area contributed by atoms with Gasteiger partial charge in [-0.2, -0.15) is 0 Å². The number of halogens is 1. The van der Waals surface area contributed by atoms with E-state index in [1.54, 1.807) is 18.2 Å². The second kappa shape index (κ2) is 9.30. The molecule has 1 rings (SSSR count). The Hall–Kier alpha value is -1.75. The van der Waals surface area contributed by atoms with E-state index in [1.165, 1.54) is 0 Å². The second-order valence-electron chi connectivity index (χ2n) is 5.37. The Labute approximate surface area is 136 Å². The van der Waals surface area contributed by atoms with Crippen LogP contribution in [0.15, 0.2) is 18.2 Å². The summed E-state index contributed by atoms with van der Waals surface area (Å²) >= 11 is 5.98. The first-order chi connectivity index (χ1) is 10.4. The Morgan fingerprint density at radius 2 is 1.95 bits per heavy atom. The summed E-state index contributed by atoms with van der Waals surface area (Å²) in [6.07, 6.45) is 0.468. The van der Waals surface area contributed by atoms with Crippen LogP contribution in [0.2, 0.25) is 5.02 Å². The number of nitrogens with one attached hydrogen (secondary N) is 2. The average Bonchev–Trinajstić information content (AvgIpc) is 2.43. The molecule has 5 nitrogen and oxygen atoms in total. The van der Waals surface area contributed by atoms with Crippen LogP contribution in [0.5, 0.6) is 5.75 Å². The van der Waals surface area contributed by atoms with Crippen molar-refractivity contribution in [3.05, 3.63) is 28.8 Å². The maximum Gasteiger partial charge on any atom is 0.257 e. The van der Waals surface area contributed by atoms with E-state index in [2.05, 4.69) is 10.6 Å².